The predicted octanol–water partition coefficient (Wildman–Crippen LogP) is 4.03. The number of ether oxygens (including phenoxy) is 1. The molecule has 1 unspecified atom stereocenters. The van der Waals surface area contributed by atoms with Gasteiger partial charge >= 0.3 is 0 Å². The molecule has 96 valence electrons. The second kappa shape index (κ2) is 7.33. The van der Waals surface area contributed by atoms with Crippen molar-refractivity contribution in [2.75, 3.05) is 7.11 Å². The minimum Gasteiger partial charge on any atom is -0.484 e. The quantitative estimate of drug-likeness (QED) is 0.639. The molecule has 0 saturated carbocycles. The third-order valence-electron chi connectivity index (χ3n) is 2.74. The molecule has 0 fully saturated rings. The third-order valence-corrected chi connectivity index (χ3v) is 2.74. The van der Waals surface area contributed by atoms with Gasteiger partial charge in [-0.15, -0.1) is 12.4 Å². The van der Waals surface area contributed by atoms with Gasteiger partial charge in [0.2, 0.25) is 0 Å². The lowest BCUT2D eigenvalue weighted by atomic mass is 9.97. The molecule has 1 aromatic rings. The maximum absolute atomic E-state index is 7.63. The van der Waals surface area contributed by atoms with E-state index in [0.717, 1.165) is 12.0 Å². The first-order chi connectivity index (χ1) is 7.54. The van der Waals surface area contributed by atoms with E-state index in [9.17, 15) is 0 Å². The Labute approximate surface area is 110 Å². The Kier molecular flexibility index (Phi) is 6.89. The highest BCUT2D eigenvalue weighted by molar-refractivity contribution is 5.85. The normalized spacial score (nSPS) is 11.8. The van der Waals surface area contributed by atoms with Crippen molar-refractivity contribution in [1.29, 1.82) is 5.41 Å². The minimum absolute atomic E-state index is 0. The Morgan fingerprint density at radius 3 is 2.12 bits per heavy atom. The number of hydrogen-bond acceptors (Lipinski definition) is 2. The van der Waals surface area contributed by atoms with Gasteiger partial charge < -0.3 is 4.74 Å². The van der Waals surface area contributed by atoms with Crippen LogP contribution in [0, 0.1) is 11.3 Å². The molecule has 0 radical (unpaired) electrons. The SMILES string of the molecule is COC(=N)C(C)c1ccc(CC(C)C)cc1.Cl. The summed E-state index contributed by atoms with van der Waals surface area (Å²) in [4.78, 5) is 0. The minimum atomic E-state index is 0. The van der Waals surface area contributed by atoms with E-state index in [-0.39, 0.29) is 18.3 Å². The maximum Gasteiger partial charge on any atom is 0.187 e. The Hall–Kier alpha value is -1.02. The van der Waals surface area contributed by atoms with E-state index in [1.165, 1.54) is 5.56 Å². The first-order valence-electron chi connectivity index (χ1n) is 5.75. The molecule has 0 heterocycles. The van der Waals surface area contributed by atoms with Gasteiger partial charge in [-0.1, -0.05) is 38.1 Å². The van der Waals surface area contributed by atoms with Crippen LogP contribution in [0.25, 0.3) is 0 Å². The first kappa shape index (κ1) is 16.0. The van der Waals surface area contributed by atoms with E-state index in [1.54, 1.807) is 7.11 Å². The Morgan fingerprint density at radius 2 is 1.71 bits per heavy atom. The van der Waals surface area contributed by atoms with Crippen LogP contribution in [-0.4, -0.2) is 13.0 Å². The fourth-order valence-corrected chi connectivity index (χ4v) is 1.74. The van der Waals surface area contributed by atoms with Gasteiger partial charge in [-0.3, -0.25) is 5.41 Å². The van der Waals surface area contributed by atoms with Crippen molar-refractivity contribution in [3.8, 4) is 0 Å². The van der Waals surface area contributed by atoms with Gasteiger partial charge in [0.1, 0.15) is 0 Å². The summed E-state index contributed by atoms with van der Waals surface area (Å²) in [5, 5.41) is 7.63. The number of methoxy groups -OCH3 is 1. The van der Waals surface area contributed by atoms with Crippen LogP contribution >= 0.6 is 12.4 Å². The summed E-state index contributed by atoms with van der Waals surface area (Å²) in [5.74, 6) is 1.04. The van der Waals surface area contributed by atoms with Crippen LogP contribution in [0.3, 0.4) is 0 Å². The molecule has 0 saturated heterocycles. The molecule has 1 rings (SSSR count). The lowest BCUT2D eigenvalue weighted by molar-refractivity contribution is 0.380. The summed E-state index contributed by atoms with van der Waals surface area (Å²) in [6.07, 6.45) is 1.11. The molecule has 1 N–H and O–H groups in total. The van der Waals surface area contributed by atoms with Gasteiger partial charge in [-0.05, 0) is 30.4 Å². The van der Waals surface area contributed by atoms with Crippen molar-refractivity contribution in [3.63, 3.8) is 0 Å². The van der Waals surface area contributed by atoms with E-state index >= 15 is 0 Å². The summed E-state index contributed by atoms with van der Waals surface area (Å²) in [7, 11) is 1.55. The Bertz CT molecular complexity index is 346. The molecular weight excluding hydrogens is 234 g/mol. The highest BCUT2D eigenvalue weighted by Gasteiger charge is 2.11. The van der Waals surface area contributed by atoms with Gasteiger partial charge in [0.05, 0.1) is 13.0 Å². The number of nitrogens with one attached hydrogen (secondary N) is 1. The molecule has 0 spiro atoms. The van der Waals surface area contributed by atoms with Crippen molar-refractivity contribution < 1.29 is 4.74 Å². The largest absolute Gasteiger partial charge is 0.484 e. The molecular formula is C14H22ClNO. The first-order valence-corrected chi connectivity index (χ1v) is 5.75. The monoisotopic (exact) mass is 255 g/mol. The van der Waals surface area contributed by atoms with Gasteiger partial charge in [0.15, 0.2) is 5.90 Å². The maximum atomic E-state index is 7.63. The van der Waals surface area contributed by atoms with Crippen LogP contribution in [0.4, 0.5) is 0 Å². The van der Waals surface area contributed by atoms with Gasteiger partial charge in [-0.25, -0.2) is 0 Å². The molecule has 2 nitrogen and oxygen atoms in total. The zero-order valence-electron chi connectivity index (χ0n) is 11.0. The smallest absolute Gasteiger partial charge is 0.187 e. The number of hydrogen-bond donors (Lipinski definition) is 1. The Balaban J connectivity index is 0.00000256. The summed E-state index contributed by atoms with van der Waals surface area (Å²) in [6, 6.07) is 8.48. The van der Waals surface area contributed by atoms with Crippen molar-refractivity contribution in [1.82, 2.24) is 0 Å². The topological polar surface area (TPSA) is 33.1 Å². The van der Waals surface area contributed by atoms with Crippen LogP contribution in [0.5, 0.6) is 0 Å². The van der Waals surface area contributed by atoms with E-state index in [0.29, 0.717) is 11.8 Å². The Morgan fingerprint density at radius 1 is 1.18 bits per heavy atom. The highest BCUT2D eigenvalue weighted by Crippen LogP contribution is 2.18. The predicted molar refractivity (Wildman–Crippen MR) is 75.4 cm³/mol. The highest BCUT2D eigenvalue weighted by atomic mass is 35.5. The number of benzene rings is 1. The molecule has 17 heavy (non-hydrogen) atoms. The summed E-state index contributed by atoms with van der Waals surface area (Å²) in [6.45, 7) is 6.43. The summed E-state index contributed by atoms with van der Waals surface area (Å²) in [5.41, 5.74) is 2.49. The average molecular weight is 256 g/mol. The van der Waals surface area contributed by atoms with E-state index in [2.05, 4.69) is 38.1 Å². The fourth-order valence-electron chi connectivity index (χ4n) is 1.74. The molecule has 0 aliphatic heterocycles. The molecule has 0 aliphatic rings. The van der Waals surface area contributed by atoms with E-state index < -0.39 is 0 Å². The zero-order valence-corrected chi connectivity index (χ0v) is 11.8. The van der Waals surface area contributed by atoms with Gasteiger partial charge in [0, 0.05) is 0 Å². The molecule has 3 heteroatoms. The second-order valence-corrected chi connectivity index (χ2v) is 4.63. The standard InChI is InChI=1S/C14H21NO.ClH/c1-10(2)9-12-5-7-13(8-6-12)11(3)14(15)16-4;/h5-8,10-11,15H,9H2,1-4H3;1H. The van der Waals surface area contributed by atoms with Crippen LogP contribution < -0.4 is 0 Å². The van der Waals surface area contributed by atoms with Crippen LogP contribution in [0.2, 0.25) is 0 Å². The molecule has 0 aliphatic carbocycles. The second-order valence-electron chi connectivity index (χ2n) is 4.63. The van der Waals surface area contributed by atoms with Crippen molar-refractivity contribution in [3.05, 3.63) is 35.4 Å². The van der Waals surface area contributed by atoms with Crippen LogP contribution in [-0.2, 0) is 11.2 Å². The number of rotatable bonds is 4. The molecule has 0 bridgehead atoms. The average Bonchev–Trinajstić information content (AvgIpc) is 2.27. The summed E-state index contributed by atoms with van der Waals surface area (Å²) >= 11 is 0. The van der Waals surface area contributed by atoms with Gasteiger partial charge in [0.25, 0.3) is 0 Å². The van der Waals surface area contributed by atoms with E-state index in [4.69, 9.17) is 10.1 Å². The van der Waals surface area contributed by atoms with Crippen LogP contribution in [0.1, 0.15) is 37.8 Å². The molecule has 0 amide bonds. The van der Waals surface area contributed by atoms with E-state index in [1.807, 2.05) is 6.92 Å². The molecule has 1 aromatic carbocycles. The third kappa shape index (κ3) is 4.78. The zero-order chi connectivity index (χ0) is 12.1. The lowest BCUT2D eigenvalue weighted by Gasteiger charge is -2.13. The summed E-state index contributed by atoms with van der Waals surface area (Å²) < 4.78 is 4.94. The number of halogens is 1. The molecule has 0 aromatic heterocycles. The lowest BCUT2D eigenvalue weighted by Crippen LogP contribution is -2.09. The van der Waals surface area contributed by atoms with Gasteiger partial charge in [-0.2, -0.15) is 0 Å². The van der Waals surface area contributed by atoms with Crippen LogP contribution in [0.15, 0.2) is 24.3 Å². The van der Waals surface area contributed by atoms with Crippen molar-refractivity contribution >= 4 is 18.3 Å². The van der Waals surface area contributed by atoms with Crippen molar-refractivity contribution in [2.45, 2.75) is 33.1 Å². The molecule has 1 atom stereocenters. The fraction of sp³-hybridized carbons (Fsp3) is 0.500. The van der Waals surface area contributed by atoms with Crippen molar-refractivity contribution in [2.24, 2.45) is 5.92 Å².